The van der Waals surface area contributed by atoms with Gasteiger partial charge in [0.25, 0.3) is 0 Å². The van der Waals surface area contributed by atoms with Gasteiger partial charge in [0.1, 0.15) is 11.6 Å². The van der Waals surface area contributed by atoms with Crippen molar-refractivity contribution in [2.24, 2.45) is 0 Å². The Morgan fingerprint density at radius 3 is 2.16 bits per heavy atom. The number of hydrogen-bond donors (Lipinski definition) is 5. The Bertz CT molecular complexity index is 765. The molecule has 0 radical (unpaired) electrons. The smallest absolute Gasteiger partial charge is 0.394 e. The van der Waals surface area contributed by atoms with E-state index in [-0.39, 0.29) is 5.95 Å². The summed E-state index contributed by atoms with van der Waals surface area (Å²) >= 11 is 0. The highest BCUT2D eigenvalue weighted by molar-refractivity contribution is 7.79. The minimum Gasteiger partial charge on any atom is -0.494 e. The van der Waals surface area contributed by atoms with Crippen molar-refractivity contribution in [3.63, 3.8) is 0 Å². The minimum absolute atomic E-state index is 0.210. The zero-order chi connectivity index (χ0) is 19.0. The Balaban J connectivity index is 0.000000550. The maximum atomic E-state index is 8.74. The lowest BCUT2D eigenvalue weighted by Crippen LogP contribution is -2.08. The molecule has 1 aromatic carbocycles. The molecule has 11 heteroatoms. The molecule has 0 aliphatic carbocycles. The summed E-state index contributed by atoms with van der Waals surface area (Å²) in [6.45, 7) is 2.47. The fourth-order valence-electron chi connectivity index (χ4n) is 1.95. The van der Waals surface area contributed by atoms with Gasteiger partial charge in [-0.05, 0) is 44.0 Å². The fourth-order valence-corrected chi connectivity index (χ4v) is 1.95. The number of hydrogen-bond acceptors (Lipinski definition) is 8. The lowest BCUT2D eigenvalue weighted by atomic mass is 10.1. The summed E-state index contributed by atoms with van der Waals surface area (Å²) in [5.74, 6) is 1.46. The summed E-state index contributed by atoms with van der Waals surface area (Å²) in [7, 11) is -4.67. The van der Waals surface area contributed by atoms with Gasteiger partial charge in [-0.25, -0.2) is 4.98 Å². The molecule has 10 nitrogen and oxygen atoms in total. The van der Waals surface area contributed by atoms with Crippen LogP contribution < -0.4 is 21.9 Å². The molecule has 0 saturated heterocycles. The molecule has 25 heavy (non-hydrogen) atoms. The summed E-state index contributed by atoms with van der Waals surface area (Å²) in [5, 5.41) is 0. The molecule has 1 heterocycles. The van der Waals surface area contributed by atoms with Gasteiger partial charge in [0.15, 0.2) is 0 Å². The molecular weight excluding hydrogens is 350 g/mol. The van der Waals surface area contributed by atoms with Crippen LogP contribution in [0.2, 0.25) is 0 Å². The predicted molar refractivity (Wildman–Crippen MR) is 94.4 cm³/mol. The lowest BCUT2D eigenvalue weighted by molar-refractivity contribution is 0.311. The number of benzene rings is 1. The van der Waals surface area contributed by atoms with Gasteiger partial charge in [0.2, 0.25) is 5.95 Å². The van der Waals surface area contributed by atoms with Crippen LogP contribution in [0.25, 0.3) is 0 Å². The third-order valence-electron chi connectivity index (χ3n) is 2.98. The number of nitrogens with two attached hydrogens (primary N) is 3. The van der Waals surface area contributed by atoms with Gasteiger partial charge in [0.05, 0.1) is 6.61 Å². The SMILES string of the molecule is Cc1nc(N)nc(N)c1CCCOc1ccc(N)cc1.O=S(=O)(O)O. The molecule has 2 aromatic rings. The summed E-state index contributed by atoms with van der Waals surface area (Å²) in [6.07, 6.45) is 1.58. The zero-order valence-corrected chi connectivity index (χ0v) is 14.4. The van der Waals surface area contributed by atoms with Gasteiger partial charge < -0.3 is 21.9 Å². The first kappa shape index (κ1) is 20.4. The quantitative estimate of drug-likeness (QED) is 0.287. The molecule has 0 fully saturated rings. The van der Waals surface area contributed by atoms with E-state index in [9.17, 15) is 0 Å². The number of rotatable bonds is 5. The topological polar surface area (TPSA) is 188 Å². The highest BCUT2D eigenvalue weighted by Crippen LogP contribution is 2.17. The summed E-state index contributed by atoms with van der Waals surface area (Å²) < 4.78 is 37.2. The van der Waals surface area contributed by atoms with Crippen LogP contribution in [0.4, 0.5) is 17.5 Å². The van der Waals surface area contributed by atoms with E-state index in [0.717, 1.165) is 35.5 Å². The first-order valence-electron chi connectivity index (χ1n) is 7.13. The van der Waals surface area contributed by atoms with Crippen molar-refractivity contribution in [1.29, 1.82) is 0 Å². The van der Waals surface area contributed by atoms with Gasteiger partial charge in [0, 0.05) is 16.9 Å². The van der Waals surface area contributed by atoms with E-state index in [1.165, 1.54) is 0 Å². The summed E-state index contributed by atoms with van der Waals surface area (Å²) in [4.78, 5) is 8.08. The minimum atomic E-state index is -4.67. The lowest BCUT2D eigenvalue weighted by Gasteiger charge is -2.10. The van der Waals surface area contributed by atoms with E-state index < -0.39 is 10.4 Å². The molecule has 8 N–H and O–H groups in total. The Hall–Kier alpha value is -2.63. The van der Waals surface area contributed by atoms with E-state index in [2.05, 4.69) is 9.97 Å². The Morgan fingerprint density at radius 2 is 1.64 bits per heavy atom. The van der Waals surface area contributed by atoms with E-state index in [4.69, 9.17) is 39.5 Å². The van der Waals surface area contributed by atoms with Crippen molar-refractivity contribution < 1.29 is 22.3 Å². The van der Waals surface area contributed by atoms with Crippen molar-refractivity contribution in [3.8, 4) is 5.75 Å². The summed E-state index contributed by atoms with van der Waals surface area (Å²) in [6, 6.07) is 7.32. The largest absolute Gasteiger partial charge is 0.494 e. The van der Waals surface area contributed by atoms with Gasteiger partial charge in [-0.15, -0.1) is 0 Å². The molecule has 0 bridgehead atoms. The molecule has 0 unspecified atom stereocenters. The molecule has 0 aliphatic rings. The Morgan fingerprint density at radius 1 is 1.08 bits per heavy atom. The zero-order valence-electron chi connectivity index (χ0n) is 13.6. The molecule has 2 rings (SSSR count). The monoisotopic (exact) mass is 371 g/mol. The highest BCUT2D eigenvalue weighted by atomic mass is 32.3. The molecule has 138 valence electrons. The molecular formula is C14H21N5O5S. The second-order valence-electron chi connectivity index (χ2n) is 5.00. The van der Waals surface area contributed by atoms with Gasteiger partial charge in [-0.3, -0.25) is 9.11 Å². The number of anilines is 3. The molecule has 1 aromatic heterocycles. The maximum absolute atomic E-state index is 8.74. The van der Waals surface area contributed by atoms with Gasteiger partial charge in [-0.2, -0.15) is 13.4 Å². The van der Waals surface area contributed by atoms with Gasteiger partial charge >= 0.3 is 10.4 Å². The molecule has 0 saturated carbocycles. The molecule has 0 amide bonds. The summed E-state index contributed by atoms with van der Waals surface area (Å²) in [5.41, 5.74) is 19.5. The third kappa shape index (κ3) is 8.69. The van der Waals surface area contributed by atoms with E-state index in [0.29, 0.717) is 12.4 Å². The number of nitrogen functional groups attached to an aromatic ring is 3. The standard InChI is InChI=1S/C14H19N5O.H2O4S/c1-9-12(13(16)19-14(17)18-9)3-2-8-20-11-6-4-10(15)5-7-11;1-5(2,3)4/h4-7H,2-3,8,15H2,1H3,(H4,16,17,18,19);(H2,1,2,3,4). The van der Waals surface area contributed by atoms with Crippen molar-refractivity contribution in [3.05, 3.63) is 35.5 Å². The highest BCUT2D eigenvalue weighted by Gasteiger charge is 2.07. The molecule has 0 atom stereocenters. The average Bonchev–Trinajstić information content (AvgIpc) is 2.45. The predicted octanol–water partition coefficient (Wildman–Crippen LogP) is 0.890. The number of aromatic nitrogens is 2. The second kappa shape index (κ2) is 9.01. The van der Waals surface area contributed by atoms with Crippen LogP contribution in [0.5, 0.6) is 5.75 Å². The number of aryl methyl sites for hydroxylation is 1. The van der Waals surface area contributed by atoms with Crippen LogP contribution in [0.15, 0.2) is 24.3 Å². The number of ether oxygens (including phenoxy) is 1. The maximum Gasteiger partial charge on any atom is 0.394 e. The van der Waals surface area contributed by atoms with Crippen LogP contribution in [0.1, 0.15) is 17.7 Å². The van der Waals surface area contributed by atoms with Crippen LogP contribution in [-0.4, -0.2) is 34.1 Å². The van der Waals surface area contributed by atoms with E-state index in [1.54, 1.807) is 0 Å². The van der Waals surface area contributed by atoms with Crippen molar-refractivity contribution in [2.75, 3.05) is 23.8 Å². The first-order chi connectivity index (χ1) is 11.6. The Labute approximate surface area is 145 Å². The number of nitrogens with zero attached hydrogens (tertiary/aromatic N) is 2. The van der Waals surface area contributed by atoms with Crippen molar-refractivity contribution in [1.82, 2.24) is 9.97 Å². The van der Waals surface area contributed by atoms with Crippen molar-refractivity contribution in [2.45, 2.75) is 19.8 Å². The average molecular weight is 371 g/mol. The normalized spacial score (nSPS) is 10.7. The Kier molecular flexibility index (Phi) is 7.36. The van der Waals surface area contributed by atoms with Crippen molar-refractivity contribution >= 4 is 27.9 Å². The van der Waals surface area contributed by atoms with Gasteiger partial charge in [-0.1, -0.05) is 0 Å². The van der Waals surface area contributed by atoms with E-state index in [1.807, 2.05) is 31.2 Å². The van der Waals surface area contributed by atoms with Crippen LogP contribution in [0, 0.1) is 6.92 Å². The fraction of sp³-hybridized carbons (Fsp3) is 0.286. The first-order valence-corrected chi connectivity index (χ1v) is 8.52. The van der Waals surface area contributed by atoms with Crippen LogP contribution in [-0.2, 0) is 16.8 Å². The molecule has 0 spiro atoms. The van der Waals surface area contributed by atoms with E-state index >= 15 is 0 Å². The second-order valence-corrected chi connectivity index (χ2v) is 5.90. The van der Waals surface area contributed by atoms with Crippen LogP contribution >= 0.6 is 0 Å². The third-order valence-corrected chi connectivity index (χ3v) is 2.98. The van der Waals surface area contributed by atoms with Crippen LogP contribution in [0.3, 0.4) is 0 Å². The molecule has 0 aliphatic heterocycles.